The van der Waals surface area contributed by atoms with Crippen molar-refractivity contribution in [3.63, 3.8) is 0 Å². The average molecular weight is 452 g/mol. The van der Waals surface area contributed by atoms with Crippen LogP contribution < -0.4 is 19.7 Å². The Morgan fingerprint density at radius 1 is 1.00 bits per heavy atom. The SMILES string of the molecule is COc1ccc(C2C(C(=O)NCCN(C)C3CC3)CCC(=O)N2c2ccc(OC)cc2)cc1. The number of piperidine rings is 1. The van der Waals surface area contributed by atoms with E-state index in [1.54, 1.807) is 19.1 Å². The number of anilines is 1. The highest BCUT2D eigenvalue weighted by Crippen LogP contribution is 2.41. The van der Waals surface area contributed by atoms with Crippen LogP contribution in [-0.4, -0.2) is 57.1 Å². The molecule has 33 heavy (non-hydrogen) atoms. The molecule has 0 aromatic heterocycles. The minimum atomic E-state index is -0.397. The van der Waals surface area contributed by atoms with Crippen LogP contribution in [0.1, 0.15) is 37.3 Å². The summed E-state index contributed by atoms with van der Waals surface area (Å²) >= 11 is 0. The van der Waals surface area contributed by atoms with Crippen LogP contribution >= 0.6 is 0 Å². The maximum absolute atomic E-state index is 13.3. The number of ether oxygens (including phenoxy) is 2. The van der Waals surface area contributed by atoms with Crippen molar-refractivity contribution in [1.29, 1.82) is 0 Å². The first kappa shape index (κ1) is 23.1. The summed E-state index contributed by atoms with van der Waals surface area (Å²) in [7, 11) is 5.34. The maximum Gasteiger partial charge on any atom is 0.227 e. The summed E-state index contributed by atoms with van der Waals surface area (Å²) in [4.78, 5) is 30.6. The van der Waals surface area contributed by atoms with Gasteiger partial charge in [0.15, 0.2) is 0 Å². The normalized spacial score (nSPS) is 20.6. The minimum absolute atomic E-state index is 0.00831. The predicted octanol–water partition coefficient (Wildman–Crippen LogP) is 3.40. The topological polar surface area (TPSA) is 71.1 Å². The lowest BCUT2D eigenvalue weighted by molar-refractivity contribution is -0.129. The Balaban J connectivity index is 1.60. The van der Waals surface area contributed by atoms with Gasteiger partial charge in [0, 0.05) is 31.2 Å². The van der Waals surface area contributed by atoms with Crippen molar-refractivity contribution in [1.82, 2.24) is 10.2 Å². The lowest BCUT2D eigenvalue weighted by atomic mass is 9.83. The summed E-state index contributed by atoms with van der Waals surface area (Å²) in [6, 6.07) is 15.3. The van der Waals surface area contributed by atoms with Gasteiger partial charge in [0.25, 0.3) is 0 Å². The molecule has 2 atom stereocenters. The number of likely N-dealkylation sites (N-methyl/N-ethyl adjacent to an activating group) is 1. The lowest BCUT2D eigenvalue weighted by Crippen LogP contribution is -2.49. The maximum atomic E-state index is 13.3. The molecule has 1 aliphatic carbocycles. The molecule has 1 aliphatic heterocycles. The molecular formula is C26H33N3O4. The second-order valence-electron chi connectivity index (χ2n) is 8.83. The summed E-state index contributed by atoms with van der Waals surface area (Å²) in [5.41, 5.74) is 1.67. The number of amides is 2. The third-order valence-electron chi connectivity index (χ3n) is 6.68. The second-order valence-corrected chi connectivity index (χ2v) is 8.83. The van der Waals surface area contributed by atoms with Gasteiger partial charge in [-0.2, -0.15) is 0 Å². The third kappa shape index (κ3) is 5.30. The van der Waals surface area contributed by atoms with Gasteiger partial charge in [-0.05, 0) is 68.3 Å². The molecule has 0 bridgehead atoms. The third-order valence-corrected chi connectivity index (χ3v) is 6.68. The zero-order valence-corrected chi connectivity index (χ0v) is 19.6. The Bertz CT molecular complexity index is 957. The summed E-state index contributed by atoms with van der Waals surface area (Å²) < 4.78 is 10.6. The molecule has 2 aromatic rings. The van der Waals surface area contributed by atoms with Crippen molar-refractivity contribution in [2.24, 2.45) is 5.92 Å². The molecule has 0 spiro atoms. The fourth-order valence-corrected chi connectivity index (χ4v) is 4.58. The monoisotopic (exact) mass is 451 g/mol. The number of carbonyl (C=O) groups excluding carboxylic acids is 2. The van der Waals surface area contributed by atoms with Crippen LogP contribution in [0.25, 0.3) is 0 Å². The molecule has 7 heteroatoms. The van der Waals surface area contributed by atoms with E-state index < -0.39 is 6.04 Å². The van der Waals surface area contributed by atoms with Crippen LogP contribution in [0.15, 0.2) is 48.5 Å². The van der Waals surface area contributed by atoms with Crippen molar-refractivity contribution >= 4 is 17.5 Å². The Morgan fingerprint density at radius 2 is 1.61 bits per heavy atom. The molecule has 7 nitrogen and oxygen atoms in total. The molecule has 0 radical (unpaired) electrons. The quantitative estimate of drug-likeness (QED) is 0.633. The smallest absolute Gasteiger partial charge is 0.227 e. The molecule has 4 rings (SSSR count). The van der Waals surface area contributed by atoms with Crippen molar-refractivity contribution in [3.8, 4) is 11.5 Å². The molecule has 2 fully saturated rings. The molecular weight excluding hydrogens is 418 g/mol. The van der Waals surface area contributed by atoms with E-state index in [4.69, 9.17) is 9.47 Å². The molecule has 1 heterocycles. The fourth-order valence-electron chi connectivity index (χ4n) is 4.58. The zero-order valence-electron chi connectivity index (χ0n) is 19.6. The number of hydrogen-bond donors (Lipinski definition) is 1. The second kappa shape index (κ2) is 10.3. The average Bonchev–Trinajstić information content (AvgIpc) is 3.69. The van der Waals surface area contributed by atoms with E-state index in [2.05, 4.69) is 17.3 Å². The highest BCUT2D eigenvalue weighted by molar-refractivity contribution is 5.97. The van der Waals surface area contributed by atoms with Crippen LogP contribution in [0, 0.1) is 5.92 Å². The summed E-state index contributed by atoms with van der Waals surface area (Å²) in [5, 5.41) is 3.13. The molecule has 1 N–H and O–H groups in total. The van der Waals surface area contributed by atoms with Gasteiger partial charge in [-0.1, -0.05) is 12.1 Å². The largest absolute Gasteiger partial charge is 0.497 e. The number of nitrogens with one attached hydrogen (secondary N) is 1. The first-order valence-corrected chi connectivity index (χ1v) is 11.6. The zero-order chi connectivity index (χ0) is 23.4. The molecule has 2 aliphatic rings. The van der Waals surface area contributed by atoms with Gasteiger partial charge in [-0.25, -0.2) is 0 Å². The fraction of sp³-hybridized carbons (Fsp3) is 0.462. The van der Waals surface area contributed by atoms with Crippen molar-refractivity contribution in [2.45, 2.75) is 37.8 Å². The first-order valence-electron chi connectivity index (χ1n) is 11.6. The molecule has 2 unspecified atom stereocenters. The Labute approximate surface area is 195 Å². The van der Waals surface area contributed by atoms with E-state index in [9.17, 15) is 9.59 Å². The molecule has 1 saturated heterocycles. The van der Waals surface area contributed by atoms with E-state index in [1.807, 2.05) is 48.5 Å². The van der Waals surface area contributed by atoms with E-state index >= 15 is 0 Å². The van der Waals surface area contributed by atoms with E-state index in [0.29, 0.717) is 25.4 Å². The molecule has 2 amide bonds. The number of carbonyl (C=O) groups is 2. The molecule has 1 saturated carbocycles. The highest BCUT2D eigenvalue weighted by atomic mass is 16.5. The molecule has 2 aromatic carbocycles. The van der Waals surface area contributed by atoms with Crippen molar-refractivity contribution in [3.05, 3.63) is 54.1 Å². The number of nitrogens with zero attached hydrogens (tertiary/aromatic N) is 2. The van der Waals surface area contributed by atoms with Crippen LogP contribution in [0.2, 0.25) is 0 Å². The van der Waals surface area contributed by atoms with Crippen molar-refractivity contribution < 1.29 is 19.1 Å². The molecule has 176 valence electrons. The van der Waals surface area contributed by atoms with Gasteiger partial charge in [0.05, 0.1) is 26.2 Å². The highest BCUT2D eigenvalue weighted by Gasteiger charge is 2.41. The summed E-state index contributed by atoms with van der Waals surface area (Å²) in [6.45, 7) is 1.44. The van der Waals surface area contributed by atoms with Gasteiger partial charge < -0.3 is 24.6 Å². The van der Waals surface area contributed by atoms with Crippen LogP contribution in [0.3, 0.4) is 0 Å². The van der Waals surface area contributed by atoms with E-state index in [1.165, 1.54) is 12.8 Å². The number of hydrogen-bond acceptors (Lipinski definition) is 5. The van der Waals surface area contributed by atoms with Gasteiger partial charge in [-0.3, -0.25) is 9.59 Å². The van der Waals surface area contributed by atoms with Crippen LogP contribution in [-0.2, 0) is 9.59 Å². The predicted molar refractivity (Wildman–Crippen MR) is 128 cm³/mol. The first-order chi connectivity index (χ1) is 16.0. The van der Waals surface area contributed by atoms with Crippen molar-refractivity contribution in [2.75, 3.05) is 39.3 Å². The van der Waals surface area contributed by atoms with Gasteiger partial charge in [-0.15, -0.1) is 0 Å². The van der Waals surface area contributed by atoms with Gasteiger partial charge in [0.1, 0.15) is 11.5 Å². The number of benzene rings is 2. The van der Waals surface area contributed by atoms with Crippen LogP contribution in [0.4, 0.5) is 5.69 Å². The Hall–Kier alpha value is -3.06. The minimum Gasteiger partial charge on any atom is -0.497 e. The van der Waals surface area contributed by atoms with E-state index in [0.717, 1.165) is 29.3 Å². The summed E-state index contributed by atoms with van der Waals surface area (Å²) in [6.07, 6.45) is 3.34. The Morgan fingerprint density at radius 3 is 2.18 bits per heavy atom. The standard InChI is InChI=1S/C26H33N3O4/c1-28(19-6-7-19)17-16-27-26(31)23-14-15-24(30)29(20-8-12-22(33-3)13-9-20)25(23)18-4-10-21(32-2)11-5-18/h4-5,8-13,19,23,25H,6-7,14-17H2,1-3H3,(H,27,31). The number of rotatable bonds is 9. The van der Waals surface area contributed by atoms with Crippen LogP contribution in [0.5, 0.6) is 11.5 Å². The van der Waals surface area contributed by atoms with Gasteiger partial charge >= 0.3 is 0 Å². The van der Waals surface area contributed by atoms with E-state index in [-0.39, 0.29) is 17.7 Å². The lowest BCUT2D eigenvalue weighted by Gasteiger charge is -2.41. The Kier molecular flexibility index (Phi) is 7.18. The van der Waals surface area contributed by atoms with Gasteiger partial charge in [0.2, 0.25) is 11.8 Å². The summed E-state index contributed by atoms with van der Waals surface area (Å²) in [5.74, 6) is 1.12. The number of methoxy groups -OCH3 is 2.